The van der Waals surface area contributed by atoms with Gasteiger partial charge in [0.25, 0.3) is 0 Å². The van der Waals surface area contributed by atoms with Gasteiger partial charge in [0.2, 0.25) is 0 Å². The quantitative estimate of drug-likeness (QED) is 0.765. The molecule has 1 aromatic carbocycles. The Morgan fingerprint density at radius 2 is 1.95 bits per heavy atom. The highest BCUT2D eigenvalue weighted by Gasteiger charge is 2.08. The van der Waals surface area contributed by atoms with Gasteiger partial charge in [-0.15, -0.1) is 0 Å². The Balaban J connectivity index is 1.97. The normalized spacial score (nSPS) is 10.7. The van der Waals surface area contributed by atoms with Gasteiger partial charge in [-0.1, -0.05) is 18.2 Å². The van der Waals surface area contributed by atoms with Crippen LogP contribution in [0.1, 0.15) is 11.3 Å². The van der Waals surface area contributed by atoms with E-state index in [0.29, 0.717) is 6.54 Å². The maximum Gasteiger partial charge on any atom is 0.194 e. The molecule has 0 spiro atoms. The molecule has 4 heteroatoms. The Morgan fingerprint density at radius 3 is 2.75 bits per heavy atom. The Labute approximate surface area is 116 Å². The molecule has 3 aromatic rings. The predicted octanol–water partition coefficient (Wildman–Crippen LogP) is 2.84. The molecule has 0 saturated heterocycles. The van der Waals surface area contributed by atoms with Crippen molar-refractivity contribution < 1.29 is 0 Å². The Kier molecular flexibility index (Phi) is 3.21. The van der Waals surface area contributed by atoms with E-state index in [9.17, 15) is 4.79 Å². The molecule has 0 atom stereocenters. The highest BCUT2D eigenvalue weighted by molar-refractivity contribution is 5.79. The first kappa shape index (κ1) is 12.4. The highest BCUT2D eigenvalue weighted by Crippen LogP contribution is 2.12. The molecule has 20 heavy (non-hydrogen) atoms. The number of nitrogens with one attached hydrogen (secondary N) is 2. The van der Waals surface area contributed by atoms with Crippen molar-refractivity contribution in [2.45, 2.75) is 13.5 Å². The minimum absolute atomic E-state index is 0.0697. The lowest BCUT2D eigenvalue weighted by Gasteiger charge is -2.09. The number of aromatic amines is 1. The topological polar surface area (TPSA) is 57.8 Å². The van der Waals surface area contributed by atoms with Gasteiger partial charge in [0, 0.05) is 34.9 Å². The van der Waals surface area contributed by atoms with Gasteiger partial charge in [0.15, 0.2) is 5.43 Å². The van der Waals surface area contributed by atoms with Gasteiger partial charge in [-0.2, -0.15) is 0 Å². The summed E-state index contributed by atoms with van der Waals surface area (Å²) in [6.07, 6.45) is 1.72. The van der Waals surface area contributed by atoms with Crippen LogP contribution in [0, 0.1) is 6.92 Å². The summed E-state index contributed by atoms with van der Waals surface area (Å²) in [5.74, 6) is 0.763. The van der Waals surface area contributed by atoms with Crippen LogP contribution in [0.5, 0.6) is 0 Å². The molecule has 0 aliphatic rings. The first-order valence-corrected chi connectivity index (χ1v) is 6.51. The zero-order valence-electron chi connectivity index (χ0n) is 11.2. The molecule has 100 valence electrons. The fourth-order valence-electron chi connectivity index (χ4n) is 2.26. The molecule has 0 aliphatic heterocycles. The van der Waals surface area contributed by atoms with E-state index < -0.39 is 0 Å². The molecular weight excluding hydrogens is 250 g/mol. The van der Waals surface area contributed by atoms with Crippen molar-refractivity contribution in [3.63, 3.8) is 0 Å². The van der Waals surface area contributed by atoms with Crippen LogP contribution in [0.2, 0.25) is 0 Å². The van der Waals surface area contributed by atoms with E-state index in [1.54, 1.807) is 6.20 Å². The van der Waals surface area contributed by atoms with Crippen LogP contribution in [-0.4, -0.2) is 9.97 Å². The van der Waals surface area contributed by atoms with Crippen LogP contribution in [0.15, 0.2) is 53.5 Å². The summed E-state index contributed by atoms with van der Waals surface area (Å²) < 4.78 is 0. The molecule has 2 heterocycles. The third kappa shape index (κ3) is 2.28. The summed E-state index contributed by atoms with van der Waals surface area (Å²) >= 11 is 0. The Bertz CT molecular complexity index is 794. The van der Waals surface area contributed by atoms with Crippen molar-refractivity contribution in [2.24, 2.45) is 0 Å². The fraction of sp³-hybridized carbons (Fsp3) is 0.125. The minimum Gasteiger partial charge on any atom is -0.366 e. The second-order valence-corrected chi connectivity index (χ2v) is 4.67. The average Bonchev–Trinajstić information content (AvgIpc) is 2.48. The molecule has 0 saturated carbocycles. The van der Waals surface area contributed by atoms with Crippen molar-refractivity contribution in [3.05, 3.63) is 70.1 Å². The van der Waals surface area contributed by atoms with Gasteiger partial charge in [0.1, 0.15) is 5.82 Å². The van der Waals surface area contributed by atoms with Gasteiger partial charge in [0.05, 0.1) is 0 Å². The van der Waals surface area contributed by atoms with Crippen molar-refractivity contribution >= 4 is 16.7 Å². The zero-order valence-corrected chi connectivity index (χ0v) is 11.2. The number of pyridine rings is 2. The van der Waals surface area contributed by atoms with Gasteiger partial charge in [-0.3, -0.25) is 4.79 Å². The molecule has 2 aromatic heterocycles. The largest absolute Gasteiger partial charge is 0.366 e. The first-order valence-electron chi connectivity index (χ1n) is 6.51. The zero-order chi connectivity index (χ0) is 13.9. The van der Waals surface area contributed by atoms with Crippen LogP contribution in [0.3, 0.4) is 0 Å². The number of fused-ring (bicyclic) bond motifs is 1. The molecule has 3 rings (SSSR count). The van der Waals surface area contributed by atoms with Crippen LogP contribution in [0.25, 0.3) is 10.9 Å². The molecule has 0 fully saturated rings. The van der Waals surface area contributed by atoms with Crippen molar-refractivity contribution in [1.82, 2.24) is 9.97 Å². The predicted molar refractivity (Wildman–Crippen MR) is 80.9 cm³/mol. The number of aryl methyl sites for hydroxylation is 1. The van der Waals surface area contributed by atoms with Crippen LogP contribution < -0.4 is 10.7 Å². The maximum absolute atomic E-state index is 12.5. The minimum atomic E-state index is 0.0697. The summed E-state index contributed by atoms with van der Waals surface area (Å²) in [4.78, 5) is 20.0. The monoisotopic (exact) mass is 265 g/mol. The first-order chi connectivity index (χ1) is 9.75. The van der Waals surface area contributed by atoms with E-state index >= 15 is 0 Å². The standard InChI is InChI=1S/C16H15N3O/c1-11-13(10-18-15-8-4-5-9-17-15)16(20)12-6-2-3-7-14(12)19-11/h2-9H,10H2,1H3,(H,17,18)(H,19,20). The summed E-state index contributed by atoms with van der Waals surface area (Å²) in [6.45, 7) is 2.38. The highest BCUT2D eigenvalue weighted by atomic mass is 16.1. The van der Waals surface area contributed by atoms with Gasteiger partial charge in [-0.05, 0) is 31.2 Å². The molecule has 0 radical (unpaired) electrons. The third-order valence-corrected chi connectivity index (χ3v) is 3.33. The number of rotatable bonds is 3. The van der Waals surface area contributed by atoms with Gasteiger partial charge in [-0.25, -0.2) is 4.98 Å². The van der Waals surface area contributed by atoms with E-state index in [1.165, 1.54) is 0 Å². The lowest BCUT2D eigenvalue weighted by atomic mass is 10.1. The molecule has 0 bridgehead atoms. The lowest BCUT2D eigenvalue weighted by molar-refractivity contribution is 1.04. The van der Waals surface area contributed by atoms with Gasteiger partial charge < -0.3 is 10.3 Å². The number of hydrogen-bond acceptors (Lipinski definition) is 3. The van der Waals surface area contributed by atoms with E-state index in [-0.39, 0.29) is 5.43 Å². The smallest absolute Gasteiger partial charge is 0.194 e. The average molecular weight is 265 g/mol. The molecule has 4 nitrogen and oxygen atoms in total. The van der Waals surface area contributed by atoms with Crippen LogP contribution in [-0.2, 0) is 6.54 Å². The van der Waals surface area contributed by atoms with Gasteiger partial charge >= 0.3 is 0 Å². The number of aromatic nitrogens is 2. The molecule has 2 N–H and O–H groups in total. The number of para-hydroxylation sites is 1. The SMILES string of the molecule is Cc1[nH]c2ccccc2c(=O)c1CNc1ccccn1. The van der Waals surface area contributed by atoms with E-state index in [2.05, 4.69) is 15.3 Å². The summed E-state index contributed by atoms with van der Waals surface area (Å²) in [6, 6.07) is 13.2. The van der Waals surface area contributed by atoms with Crippen molar-refractivity contribution in [3.8, 4) is 0 Å². The van der Waals surface area contributed by atoms with Crippen LogP contribution in [0.4, 0.5) is 5.82 Å². The molecular formula is C16H15N3O. The molecule has 0 unspecified atom stereocenters. The molecule has 0 amide bonds. The van der Waals surface area contributed by atoms with Crippen molar-refractivity contribution in [1.29, 1.82) is 0 Å². The third-order valence-electron chi connectivity index (χ3n) is 3.33. The number of benzene rings is 1. The number of nitrogens with zero attached hydrogens (tertiary/aromatic N) is 1. The van der Waals surface area contributed by atoms with E-state index in [4.69, 9.17) is 0 Å². The number of anilines is 1. The van der Waals surface area contributed by atoms with Crippen LogP contribution >= 0.6 is 0 Å². The Hall–Kier alpha value is -2.62. The lowest BCUT2D eigenvalue weighted by Crippen LogP contribution is -2.17. The number of H-pyrrole nitrogens is 1. The molecule has 0 aliphatic carbocycles. The summed E-state index contributed by atoms with van der Waals surface area (Å²) in [7, 11) is 0. The van der Waals surface area contributed by atoms with E-state index in [0.717, 1.165) is 28.0 Å². The second kappa shape index (κ2) is 5.17. The summed E-state index contributed by atoms with van der Waals surface area (Å²) in [5, 5.41) is 3.89. The number of hydrogen-bond donors (Lipinski definition) is 2. The Morgan fingerprint density at radius 1 is 1.15 bits per heavy atom. The fourth-order valence-corrected chi connectivity index (χ4v) is 2.26. The van der Waals surface area contributed by atoms with Crippen molar-refractivity contribution in [2.75, 3.05) is 5.32 Å². The maximum atomic E-state index is 12.5. The van der Waals surface area contributed by atoms with E-state index in [1.807, 2.05) is 49.4 Å². The summed E-state index contributed by atoms with van der Waals surface area (Å²) in [5.41, 5.74) is 2.57. The second-order valence-electron chi connectivity index (χ2n) is 4.67.